The van der Waals surface area contributed by atoms with Crippen LogP contribution in [0.1, 0.15) is 51.5 Å². The molecule has 1 aliphatic heterocycles. The van der Waals surface area contributed by atoms with Crippen molar-refractivity contribution in [3.8, 4) is 0 Å². The Morgan fingerprint density at radius 3 is 2.48 bits per heavy atom. The molecule has 2 rings (SSSR count). The molecule has 1 fully saturated rings. The average molecular weight is 310 g/mol. The van der Waals surface area contributed by atoms with Gasteiger partial charge in [0, 0.05) is 11.6 Å². The van der Waals surface area contributed by atoms with E-state index in [4.69, 9.17) is 16.3 Å². The van der Waals surface area contributed by atoms with E-state index in [0.717, 1.165) is 24.5 Å². The molecule has 1 heterocycles. The zero-order valence-electron chi connectivity index (χ0n) is 13.4. The third-order valence-electron chi connectivity index (χ3n) is 4.15. The summed E-state index contributed by atoms with van der Waals surface area (Å²) >= 11 is 6.01. The van der Waals surface area contributed by atoms with Gasteiger partial charge in [-0.15, -0.1) is 0 Å². The van der Waals surface area contributed by atoms with Crippen molar-refractivity contribution >= 4 is 11.6 Å². The first-order chi connectivity index (χ1) is 10.0. The summed E-state index contributed by atoms with van der Waals surface area (Å²) in [5.74, 6) is 1.18. The van der Waals surface area contributed by atoms with Crippen LogP contribution in [0.4, 0.5) is 0 Å². The second kappa shape index (κ2) is 8.17. The number of rotatable bonds is 7. The molecule has 2 nitrogen and oxygen atoms in total. The molecule has 21 heavy (non-hydrogen) atoms. The largest absolute Gasteiger partial charge is 0.375 e. The molecular formula is C18H28ClNO. The molecule has 1 aromatic carbocycles. The highest BCUT2D eigenvalue weighted by atomic mass is 35.5. The minimum absolute atomic E-state index is 0.404. The van der Waals surface area contributed by atoms with E-state index in [-0.39, 0.29) is 0 Å². The Hall–Kier alpha value is -0.570. The van der Waals surface area contributed by atoms with Crippen LogP contribution in [0.25, 0.3) is 0 Å². The summed E-state index contributed by atoms with van der Waals surface area (Å²) in [6.45, 7) is 8.73. The Kier molecular flexibility index (Phi) is 6.53. The van der Waals surface area contributed by atoms with Crippen molar-refractivity contribution in [2.75, 3.05) is 13.1 Å². The van der Waals surface area contributed by atoms with Crippen molar-refractivity contribution in [3.63, 3.8) is 0 Å². The fourth-order valence-electron chi connectivity index (χ4n) is 2.99. The van der Waals surface area contributed by atoms with Gasteiger partial charge in [-0.2, -0.15) is 0 Å². The van der Waals surface area contributed by atoms with Crippen molar-refractivity contribution in [3.05, 3.63) is 34.9 Å². The van der Waals surface area contributed by atoms with Crippen LogP contribution in [-0.4, -0.2) is 25.3 Å². The first kappa shape index (κ1) is 16.8. The molecule has 3 heteroatoms. The van der Waals surface area contributed by atoms with Gasteiger partial charge in [-0.1, -0.05) is 37.6 Å². The molecule has 1 N–H and O–H groups in total. The number of hydrogen-bond acceptors (Lipinski definition) is 2. The lowest BCUT2D eigenvalue weighted by Gasteiger charge is -2.22. The summed E-state index contributed by atoms with van der Waals surface area (Å²) in [6, 6.07) is 8.29. The monoisotopic (exact) mass is 309 g/mol. The molecule has 0 spiro atoms. The van der Waals surface area contributed by atoms with Gasteiger partial charge in [0.1, 0.15) is 0 Å². The number of halogens is 1. The lowest BCUT2D eigenvalue weighted by Crippen LogP contribution is -2.27. The maximum absolute atomic E-state index is 6.01. The third kappa shape index (κ3) is 5.61. The molecule has 0 bridgehead atoms. The molecule has 0 aromatic heterocycles. The highest BCUT2D eigenvalue weighted by molar-refractivity contribution is 6.30. The fraction of sp³-hybridized carbons (Fsp3) is 0.667. The Morgan fingerprint density at radius 1 is 1.19 bits per heavy atom. The summed E-state index contributed by atoms with van der Waals surface area (Å²) in [7, 11) is 0. The van der Waals surface area contributed by atoms with Crippen LogP contribution >= 0.6 is 11.6 Å². The van der Waals surface area contributed by atoms with E-state index in [1.165, 1.54) is 18.4 Å². The van der Waals surface area contributed by atoms with Crippen molar-refractivity contribution in [1.82, 2.24) is 5.32 Å². The average Bonchev–Trinajstić information content (AvgIpc) is 2.84. The van der Waals surface area contributed by atoms with Gasteiger partial charge < -0.3 is 10.1 Å². The predicted octanol–water partition coefficient (Wildman–Crippen LogP) is 4.63. The highest BCUT2D eigenvalue weighted by Gasteiger charge is 2.25. The second-order valence-corrected chi connectivity index (χ2v) is 7.12. The number of ether oxygens (including phenoxy) is 1. The minimum Gasteiger partial charge on any atom is -0.375 e. The molecule has 1 saturated heterocycles. The Bertz CT molecular complexity index is 418. The maximum Gasteiger partial charge on any atom is 0.0586 e. The number of nitrogens with one attached hydrogen (secondary N) is 1. The van der Waals surface area contributed by atoms with Gasteiger partial charge in [-0.05, 0) is 62.3 Å². The normalized spacial score (nSPS) is 23.7. The van der Waals surface area contributed by atoms with Crippen molar-refractivity contribution in [2.45, 2.75) is 58.2 Å². The van der Waals surface area contributed by atoms with E-state index >= 15 is 0 Å². The molecule has 1 aliphatic rings. The van der Waals surface area contributed by atoms with E-state index in [1.807, 2.05) is 12.1 Å². The smallest absolute Gasteiger partial charge is 0.0586 e. The second-order valence-electron chi connectivity index (χ2n) is 6.68. The summed E-state index contributed by atoms with van der Waals surface area (Å²) in [5, 5.41) is 4.40. The van der Waals surface area contributed by atoms with Crippen molar-refractivity contribution < 1.29 is 4.74 Å². The summed E-state index contributed by atoms with van der Waals surface area (Å²) in [4.78, 5) is 0. The van der Waals surface area contributed by atoms with Crippen LogP contribution in [0.3, 0.4) is 0 Å². The standard InChI is InChI=1S/C18H28ClNO/c1-13(2)11-20-12-16(10-18-9-4-14(3)21-18)15-5-7-17(19)8-6-15/h5-8,13-14,16,18,20H,4,9-12H2,1-3H3. The molecule has 0 amide bonds. The fourth-order valence-corrected chi connectivity index (χ4v) is 3.12. The van der Waals surface area contributed by atoms with Crippen LogP contribution in [0.5, 0.6) is 0 Å². The van der Waals surface area contributed by atoms with Crippen molar-refractivity contribution in [2.24, 2.45) is 5.92 Å². The summed E-state index contributed by atoms with van der Waals surface area (Å²) in [6.07, 6.45) is 4.30. The molecule has 118 valence electrons. The molecular weight excluding hydrogens is 282 g/mol. The number of benzene rings is 1. The van der Waals surface area contributed by atoms with E-state index in [9.17, 15) is 0 Å². The summed E-state index contributed by atoms with van der Waals surface area (Å²) in [5.41, 5.74) is 1.36. The zero-order valence-corrected chi connectivity index (χ0v) is 14.2. The van der Waals surface area contributed by atoms with Gasteiger partial charge in [-0.3, -0.25) is 0 Å². The quantitative estimate of drug-likeness (QED) is 0.793. The van der Waals surface area contributed by atoms with Crippen LogP contribution in [0.2, 0.25) is 5.02 Å². The maximum atomic E-state index is 6.01. The van der Waals surface area contributed by atoms with Crippen LogP contribution < -0.4 is 5.32 Å². The molecule has 1 aromatic rings. The minimum atomic E-state index is 0.404. The Balaban J connectivity index is 1.97. The molecule has 0 radical (unpaired) electrons. The van der Waals surface area contributed by atoms with E-state index in [1.54, 1.807) is 0 Å². The van der Waals surface area contributed by atoms with Gasteiger partial charge >= 0.3 is 0 Å². The number of hydrogen-bond donors (Lipinski definition) is 1. The van der Waals surface area contributed by atoms with Gasteiger partial charge in [-0.25, -0.2) is 0 Å². The van der Waals surface area contributed by atoms with Crippen LogP contribution in [-0.2, 0) is 4.74 Å². The molecule has 3 atom stereocenters. The molecule has 3 unspecified atom stereocenters. The molecule has 0 aliphatic carbocycles. The van der Waals surface area contributed by atoms with Crippen LogP contribution in [0.15, 0.2) is 24.3 Å². The Morgan fingerprint density at radius 2 is 1.90 bits per heavy atom. The predicted molar refractivity (Wildman–Crippen MR) is 90.1 cm³/mol. The van der Waals surface area contributed by atoms with Gasteiger partial charge in [0.2, 0.25) is 0 Å². The topological polar surface area (TPSA) is 21.3 Å². The lowest BCUT2D eigenvalue weighted by atomic mass is 9.92. The first-order valence-corrected chi connectivity index (χ1v) is 8.54. The molecule has 0 saturated carbocycles. The van der Waals surface area contributed by atoms with Crippen molar-refractivity contribution in [1.29, 1.82) is 0 Å². The lowest BCUT2D eigenvalue weighted by molar-refractivity contribution is 0.0465. The first-order valence-electron chi connectivity index (χ1n) is 8.16. The van der Waals surface area contributed by atoms with Gasteiger partial charge in [0.05, 0.1) is 12.2 Å². The Labute approximate surface area is 134 Å². The van der Waals surface area contributed by atoms with E-state index in [2.05, 4.69) is 38.2 Å². The SMILES string of the molecule is CC(C)CNCC(CC1CCC(C)O1)c1ccc(Cl)cc1. The third-order valence-corrected chi connectivity index (χ3v) is 4.40. The van der Waals surface area contributed by atoms with Gasteiger partial charge in [0.15, 0.2) is 0 Å². The summed E-state index contributed by atoms with van der Waals surface area (Å²) < 4.78 is 6.01. The van der Waals surface area contributed by atoms with Crippen LogP contribution in [0, 0.1) is 5.92 Å². The van der Waals surface area contributed by atoms with E-state index in [0.29, 0.717) is 24.0 Å². The highest BCUT2D eigenvalue weighted by Crippen LogP contribution is 2.29. The van der Waals surface area contributed by atoms with E-state index < -0.39 is 0 Å². The zero-order chi connectivity index (χ0) is 15.2. The van der Waals surface area contributed by atoms with Gasteiger partial charge in [0.25, 0.3) is 0 Å².